The summed E-state index contributed by atoms with van der Waals surface area (Å²) < 4.78 is 0. The Bertz CT molecular complexity index is 5880. The van der Waals surface area contributed by atoms with E-state index in [1.165, 1.54) is 6.42 Å². The van der Waals surface area contributed by atoms with Crippen LogP contribution in [0.25, 0.3) is 111 Å². The van der Waals surface area contributed by atoms with Crippen molar-refractivity contribution in [3.05, 3.63) is 243 Å². The predicted octanol–water partition coefficient (Wildman–Crippen LogP) is 15.7. The van der Waals surface area contributed by atoms with Crippen LogP contribution in [0.4, 0.5) is 29.1 Å². The van der Waals surface area contributed by atoms with Gasteiger partial charge in [-0.2, -0.15) is 0 Å². The average molecular weight is 1600 g/mol. The van der Waals surface area contributed by atoms with Gasteiger partial charge in [0.25, 0.3) is 0 Å². The molecule has 20 rings (SSSR count). The SMILES string of the molecule is CN1CCC(Nc2nc(-c3ccccc3O)nc3ccccc23)CC1.CN1CCCC(Nc2nc(-c3ccccc3O)nc3ccccc23)C1.Oc1ccccc1-c1nc(N[C@@H]2CCCNC2)c2ccccc2n1.Oc1ccccc1-c1nc(N[C@@H]2CCNC2)c2ccccc2n1.Oc1ccccc1-c1nc(N[C@H]2CCNC2)c2ccccc2n1. The third-order valence-corrected chi connectivity index (χ3v) is 22.2. The van der Waals surface area contributed by atoms with Gasteiger partial charge in [-0.05, 0) is 226 Å². The molecule has 10 aromatic carbocycles. The summed E-state index contributed by atoms with van der Waals surface area (Å²) in [5.41, 5.74) is 7.61. The molecule has 10 heterocycles. The quantitative estimate of drug-likeness (QED) is 0.0453. The van der Waals surface area contributed by atoms with Crippen LogP contribution in [0.2, 0.25) is 0 Å². The Morgan fingerprint density at radius 3 is 0.800 bits per heavy atom. The summed E-state index contributed by atoms with van der Waals surface area (Å²) >= 11 is 0. The molecular weight excluding hydrogens is 1500 g/mol. The molecule has 0 saturated carbocycles. The number of para-hydroxylation sites is 10. The zero-order valence-corrected chi connectivity index (χ0v) is 67.3. The van der Waals surface area contributed by atoms with Crippen LogP contribution in [0.5, 0.6) is 28.7 Å². The van der Waals surface area contributed by atoms with E-state index in [0.29, 0.717) is 87.1 Å². The van der Waals surface area contributed by atoms with E-state index in [4.69, 9.17) is 15.0 Å². The van der Waals surface area contributed by atoms with Gasteiger partial charge in [-0.15, -0.1) is 0 Å². The Kier molecular flexibility index (Phi) is 25.8. The molecule has 120 heavy (non-hydrogen) atoms. The summed E-state index contributed by atoms with van der Waals surface area (Å²) in [4.78, 5) is 51.4. The molecule has 0 aliphatic carbocycles. The second-order valence-corrected chi connectivity index (χ2v) is 31.0. The van der Waals surface area contributed by atoms with Crippen LogP contribution < -0.4 is 42.5 Å². The van der Waals surface area contributed by atoms with Crippen LogP contribution in [0.1, 0.15) is 51.4 Å². The second kappa shape index (κ2) is 38.4. The topological polar surface area (TPSA) is 333 Å². The van der Waals surface area contributed by atoms with Gasteiger partial charge in [-0.1, -0.05) is 121 Å². The summed E-state index contributed by atoms with van der Waals surface area (Å²) in [5.74, 6) is 7.83. The van der Waals surface area contributed by atoms with Crippen molar-refractivity contribution in [2.24, 2.45) is 0 Å². The molecule has 25 heteroatoms. The molecule has 5 aromatic heterocycles. The standard InChI is InChI=1S/2C20H22N4O.C19H20N4O.2C18H18N4O/c1-24-12-6-7-14(13-24)21-19-15-8-2-4-10-17(15)22-20(23-19)16-9-3-5-11-18(16)25;1-24-12-10-14(11-13-24)21-19-15-6-2-4-8-17(15)22-20(23-19)16-7-3-5-9-18(16)25;24-17-10-4-2-8-15(17)19-22-16-9-3-1-7-14(16)18(23-19)21-13-6-5-11-20-12-13;2*23-16-8-4-2-6-14(16)18-21-15-7-3-1-5-13(15)17(22-18)20-12-9-10-19-11-12/h2-5,8-11,14,25H,6-7,12-13H2,1H3,(H,21,22,23);2-9,14,25H,10-13H2,1H3,(H,21,22,23);1-4,7-10,13,20,24H,5-6,11-12H2,(H,21,22,23);2*1-8,12,19,23H,9-11H2,(H,20,21,22)/t;;13-;2*12-/m..110/s1. The van der Waals surface area contributed by atoms with Gasteiger partial charge in [-0.3, -0.25) is 0 Å². The van der Waals surface area contributed by atoms with E-state index in [2.05, 4.69) is 101 Å². The van der Waals surface area contributed by atoms with E-state index < -0.39 is 0 Å². The maximum absolute atomic E-state index is 10.2. The number of rotatable bonds is 15. The number of aromatic nitrogens is 10. The van der Waals surface area contributed by atoms with Crippen molar-refractivity contribution in [3.63, 3.8) is 0 Å². The minimum absolute atomic E-state index is 0.191. The number of phenolic OH excluding ortho intramolecular Hbond substituents is 5. The number of anilines is 5. The normalized spacial score (nSPS) is 17.4. The maximum atomic E-state index is 10.2. The minimum atomic E-state index is 0.191. The molecule has 0 spiro atoms. The molecule has 15 aromatic rings. The van der Waals surface area contributed by atoms with E-state index >= 15 is 0 Å². The lowest BCUT2D eigenvalue weighted by atomic mass is 10.1. The van der Waals surface area contributed by atoms with E-state index in [0.717, 1.165) is 194 Å². The Morgan fingerprint density at radius 2 is 0.517 bits per heavy atom. The van der Waals surface area contributed by atoms with E-state index in [1.807, 2.05) is 182 Å². The first-order valence-corrected chi connectivity index (χ1v) is 41.4. The molecule has 25 nitrogen and oxygen atoms in total. The van der Waals surface area contributed by atoms with Gasteiger partial charge < -0.3 is 77.9 Å². The molecule has 5 aliphatic heterocycles. The number of likely N-dealkylation sites (N-methyl/N-ethyl adjacent to an activating group) is 1. The number of piperidine rings is 3. The van der Waals surface area contributed by atoms with Gasteiger partial charge in [0.05, 0.1) is 55.4 Å². The van der Waals surface area contributed by atoms with Crippen molar-refractivity contribution < 1.29 is 25.5 Å². The molecule has 5 saturated heterocycles. The van der Waals surface area contributed by atoms with Crippen LogP contribution >= 0.6 is 0 Å². The third kappa shape index (κ3) is 19.8. The first-order valence-electron chi connectivity index (χ1n) is 41.4. The Hall–Kier alpha value is -13.3. The van der Waals surface area contributed by atoms with Crippen LogP contribution in [0.3, 0.4) is 0 Å². The number of fused-ring (bicyclic) bond motifs is 5. The first-order chi connectivity index (χ1) is 58.8. The highest BCUT2D eigenvalue weighted by atomic mass is 16.3. The highest BCUT2D eigenvalue weighted by Gasteiger charge is 2.26. The van der Waals surface area contributed by atoms with Crippen molar-refractivity contribution in [1.82, 2.24) is 75.6 Å². The third-order valence-electron chi connectivity index (χ3n) is 22.2. The number of nitrogens with zero attached hydrogens (tertiary/aromatic N) is 12. The maximum Gasteiger partial charge on any atom is 0.165 e. The van der Waals surface area contributed by atoms with Gasteiger partial charge in [0.2, 0.25) is 0 Å². The number of hydrogen-bond acceptors (Lipinski definition) is 25. The summed E-state index contributed by atoms with van der Waals surface area (Å²) in [6, 6.07) is 77.6. The molecule has 0 radical (unpaired) electrons. The lowest BCUT2D eigenvalue weighted by Crippen LogP contribution is -2.40. The molecule has 13 N–H and O–H groups in total. The van der Waals surface area contributed by atoms with Crippen molar-refractivity contribution >= 4 is 83.6 Å². The van der Waals surface area contributed by atoms with Gasteiger partial charge in [-0.25, -0.2) is 49.8 Å². The summed E-state index contributed by atoms with van der Waals surface area (Å²) in [6.45, 7) is 10.3. The van der Waals surface area contributed by atoms with Crippen molar-refractivity contribution in [2.75, 3.05) is 106 Å². The van der Waals surface area contributed by atoms with E-state index in [-0.39, 0.29) is 28.7 Å². The Morgan fingerprint density at radius 1 is 0.258 bits per heavy atom. The fraction of sp³-hybridized carbons (Fsp3) is 0.263. The molecule has 1 unspecified atom stereocenters. The molecule has 0 amide bonds. The van der Waals surface area contributed by atoms with Gasteiger partial charge in [0, 0.05) is 83.3 Å². The number of likely N-dealkylation sites (tertiary alicyclic amines) is 2. The highest BCUT2D eigenvalue weighted by Crippen LogP contribution is 2.37. The molecule has 0 bridgehead atoms. The molecule has 610 valence electrons. The largest absolute Gasteiger partial charge is 0.507 e. The summed E-state index contributed by atoms with van der Waals surface area (Å²) in [7, 11) is 4.31. The lowest BCUT2D eigenvalue weighted by molar-refractivity contribution is 0.261. The minimum Gasteiger partial charge on any atom is -0.507 e. The van der Waals surface area contributed by atoms with E-state index in [1.54, 1.807) is 60.7 Å². The summed E-state index contributed by atoms with van der Waals surface area (Å²) in [6.07, 6.45) is 8.94. The van der Waals surface area contributed by atoms with Crippen LogP contribution in [0, 0.1) is 0 Å². The highest BCUT2D eigenvalue weighted by molar-refractivity contribution is 5.95. The zero-order chi connectivity index (χ0) is 82.1. The van der Waals surface area contributed by atoms with Crippen molar-refractivity contribution in [3.8, 4) is 85.7 Å². The number of aromatic hydroxyl groups is 5. The number of hydrogen-bond donors (Lipinski definition) is 13. The van der Waals surface area contributed by atoms with Crippen LogP contribution in [-0.4, -0.2) is 195 Å². The lowest BCUT2D eigenvalue weighted by Gasteiger charge is -2.30. The van der Waals surface area contributed by atoms with Gasteiger partial charge in [0.15, 0.2) is 29.1 Å². The molecule has 4 atom stereocenters. The zero-order valence-electron chi connectivity index (χ0n) is 67.3. The fourth-order valence-electron chi connectivity index (χ4n) is 15.8. The smallest absolute Gasteiger partial charge is 0.165 e. The first kappa shape index (κ1) is 80.5. The molecular formula is C95H100N20O5. The average Bonchev–Trinajstić information content (AvgIpc) is 1.25. The summed E-state index contributed by atoms with van der Waals surface area (Å²) in [5, 5.41) is 83.6. The van der Waals surface area contributed by atoms with Crippen molar-refractivity contribution in [1.29, 1.82) is 0 Å². The van der Waals surface area contributed by atoms with Crippen LogP contribution in [0.15, 0.2) is 243 Å². The van der Waals surface area contributed by atoms with E-state index in [9.17, 15) is 25.5 Å². The van der Waals surface area contributed by atoms with Crippen molar-refractivity contribution in [2.45, 2.75) is 81.6 Å². The van der Waals surface area contributed by atoms with Gasteiger partial charge in [0.1, 0.15) is 57.8 Å². The molecule has 5 aliphatic rings. The Balaban J connectivity index is 0.000000112. The molecule has 5 fully saturated rings. The van der Waals surface area contributed by atoms with Crippen LogP contribution in [-0.2, 0) is 0 Å². The van der Waals surface area contributed by atoms with Gasteiger partial charge >= 0.3 is 0 Å². The fourth-order valence-corrected chi connectivity index (χ4v) is 15.8. The monoisotopic (exact) mass is 1600 g/mol. The number of phenols is 5. The predicted molar refractivity (Wildman–Crippen MR) is 481 cm³/mol. The second-order valence-electron chi connectivity index (χ2n) is 31.0. The Labute approximate surface area is 697 Å². The number of benzene rings is 10. The number of nitrogens with one attached hydrogen (secondary N) is 8.